The fraction of sp³-hybridized carbons (Fsp3) is 0.583. The first-order valence-corrected chi connectivity index (χ1v) is 16.5. The third kappa shape index (κ3) is 16.9. The van der Waals surface area contributed by atoms with Crippen LogP contribution in [0.4, 0.5) is 0 Å². The van der Waals surface area contributed by atoms with E-state index >= 15 is 0 Å². The summed E-state index contributed by atoms with van der Waals surface area (Å²) in [4.78, 5) is 36.1. The predicted octanol–water partition coefficient (Wildman–Crippen LogP) is 4.73. The number of allylic oxidation sites excluding steroid dienone is 6. The summed E-state index contributed by atoms with van der Waals surface area (Å²) >= 11 is 0. The number of hydrogen-bond acceptors (Lipinski definition) is 11. The summed E-state index contributed by atoms with van der Waals surface area (Å²) in [6.45, 7) is 2.09. The molecule has 11 heteroatoms. The molecule has 1 fully saturated rings. The van der Waals surface area contributed by atoms with Gasteiger partial charge < -0.3 is 39.0 Å². The van der Waals surface area contributed by atoms with E-state index in [-0.39, 0.29) is 18.6 Å². The Balaban J connectivity index is 1.64. The summed E-state index contributed by atoms with van der Waals surface area (Å²) in [7, 11) is 0. The second kappa shape index (κ2) is 23.9. The van der Waals surface area contributed by atoms with Gasteiger partial charge in [-0.15, -0.1) is 0 Å². The van der Waals surface area contributed by atoms with Crippen LogP contribution < -0.4 is 0 Å². The molecule has 1 aromatic rings. The molecule has 0 spiro atoms. The minimum absolute atomic E-state index is 0.237. The van der Waals surface area contributed by atoms with Crippen molar-refractivity contribution in [2.24, 2.45) is 0 Å². The van der Waals surface area contributed by atoms with Crippen LogP contribution in [-0.2, 0) is 33.3 Å². The van der Waals surface area contributed by atoms with E-state index in [0.29, 0.717) is 6.42 Å². The van der Waals surface area contributed by atoms with Crippen molar-refractivity contribution in [1.29, 1.82) is 0 Å². The van der Waals surface area contributed by atoms with Crippen molar-refractivity contribution in [1.82, 2.24) is 0 Å². The molecule has 3 N–H and O–H groups in total. The van der Waals surface area contributed by atoms with E-state index < -0.39 is 67.9 Å². The van der Waals surface area contributed by atoms with Crippen LogP contribution in [0.3, 0.4) is 0 Å². The van der Waals surface area contributed by atoms with Crippen molar-refractivity contribution in [3.05, 3.63) is 72.4 Å². The van der Waals surface area contributed by atoms with Gasteiger partial charge in [0.05, 0.1) is 12.2 Å². The first-order valence-electron chi connectivity index (χ1n) is 16.5. The highest BCUT2D eigenvalue weighted by atomic mass is 16.7. The largest absolute Gasteiger partial charge is 0.463 e. The Morgan fingerprint density at radius 2 is 1.51 bits per heavy atom. The van der Waals surface area contributed by atoms with Gasteiger partial charge in [-0.1, -0.05) is 80.8 Å². The van der Waals surface area contributed by atoms with E-state index in [4.69, 9.17) is 23.7 Å². The number of aliphatic hydroxyl groups excluding tert-OH is 3. The molecule has 0 radical (unpaired) electrons. The lowest BCUT2D eigenvalue weighted by Gasteiger charge is -2.41. The van der Waals surface area contributed by atoms with Gasteiger partial charge in [0.1, 0.15) is 37.6 Å². The van der Waals surface area contributed by atoms with Crippen molar-refractivity contribution >= 4 is 17.9 Å². The molecule has 1 aliphatic rings. The highest BCUT2D eigenvalue weighted by Crippen LogP contribution is 2.25. The molecule has 0 aliphatic carbocycles. The van der Waals surface area contributed by atoms with Gasteiger partial charge in [0.25, 0.3) is 0 Å². The number of rotatable bonds is 22. The zero-order valence-electron chi connectivity index (χ0n) is 27.6. The van der Waals surface area contributed by atoms with Gasteiger partial charge in [0, 0.05) is 13.3 Å². The number of carbonyl (C=O) groups is 3. The molecule has 0 bridgehead atoms. The molecule has 0 aromatic heterocycles. The van der Waals surface area contributed by atoms with Crippen LogP contribution in [0.25, 0.3) is 0 Å². The Labute approximate surface area is 278 Å². The smallest absolute Gasteiger partial charge is 0.338 e. The maximum absolute atomic E-state index is 12.3. The molecule has 1 aliphatic heterocycles. The van der Waals surface area contributed by atoms with Gasteiger partial charge in [-0.2, -0.15) is 0 Å². The zero-order valence-corrected chi connectivity index (χ0v) is 27.6. The lowest BCUT2D eigenvalue weighted by Crippen LogP contribution is -2.60. The summed E-state index contributed by atoms with van der Waals surface area (Å²) in [5.41, 5.74) is 0.288. The fourth-order valence-electron chi connectivity index (χ4n) is 4.71. The lowest BCUT2D eigenvalue weighted by molar-refractivity contribution is -0.307. The van der Waals surface area contributed by atoms with E-state index in [2.05, 4.69) is 43.4 Å². The van der Waals surface area contributed by atoms with E-state index in [9.17, 15) is 29.7 Å². The van der Waals surface area contributed by atoms with Crippen LogP contribution in [-0.4, -0.2) is 89.9 Å². The molecule has 47 heavy (non-hydrogen) atoms. The number of unbranched alkanes of at least 4 members (excludes halogenated alkanes) is 5. The fourth-order valence-corrected chi connectivity index (χ4v) is 4.71. The van der Waals surface area contributed by atoms with Gasteiger partial charge in [0.15, 0.2) is 12.4 Å². The van der Waals surface area contributed by atoms with Crippen molar-refractivity contribution in [3.8, 4) is 0 Å². The van der Waals surface area contributed by atoms with Gasteiger partial charge in [0.2, 0.25) is 0 Å². The summed E-state index contributed by atoms with van der Waals surface area (Å²) in [5.74, 6) is -1.85. The number of ether oxygens (including phenoxy) is 5. The Kier molecular flexibility index (Phi) is 20.2. The number of hydrogen-bond donors (Lipinski definition) is 3. The highest BCUT2D eigenvalue weighted by molar-refractivity contribution is 5.89. The highest BCUT2D eigenvalue weighted by Gasteiger charge is 2.47. The SMILES string of the molecule is CC/C=C\C/C=C\C/C=C\CCCCCCCC(=O)OCC(O)COC1OC(COC(=O)c2ccccc2)C(O)C(O)C1OC(C)=O. The average molecular weight is 661 g/mol. The van der Waals surface area contributed by atoms with E-state index in [1.807, 2.05) is 0 Å². The molecule has 6 atom stereocenters. The molecule has 2 rings (SSSR count). The zero-order chi connectivity index (χ0) is 34.3. The second-order valence-corrected chi connectivity index (χ2v) is 11.3. The summed E-state index contributed by atoms with van der Waals surface area (Å²) in [6.07, 6.45) is 13.7. The van der Waals surface area contributed by atoms with Gasteiger partial charge in [-0.25, -0.2) is 4.79 Å². The third-order valence-corrected chi connectivity index (χ3v) is 7.26. The molecule has 6 unspecified atom stereocenters. The van der Waals surface area contributed by atoms with E-state index in [1.165, 1.54) is 0 Å². The maximum atomic E-state index is 12.3. The molecular weight excluding hydrogens is 608 g/mol. The number of benzene rings is 1. The lowest BCUT2D eigenvalue weighted by atomic mass is 9.99. The average Bonchev–Trinajstić information content (AvgIpc) is 3.06. The Hall–Kier alpha value is -3.35. The number of carbonyl (C=O) groups excluding carboxylic acids is 3. The van der Waals surface area contributed by atoms with Crippen LogP contribution in [0.1, 0.15) is 88.4 Å². The Morgan fingerprint density at radius 3 is 2.21 bits per heavy atom. The molecule has 0 amide bonds. The van der Waals surface area contributed by atoms with Crippen molar-refractivity contribution in [2.75, 3.05) is 19.8 Å². The van der Waals surface area contributed by atoms with Gasteiger partial charge in [-0.3, -0.25) is 9.59 Å². The van der Waals surface area contributed by atoms with Crippen molar-refractivity contribution < 1.29 is 53.4 Å². The van der Waals surface area contributed by atoms with E-state index in [1.54, 1.807) is 30.3 Å². The van der Waals surface area contributed by atoms with Gasteiger partial charge in [-0.05, 0) is 50.7 Å². The second-order valence-electron chi connectivity index (χ2n) is 11.3. The first-order chi connectivity index (χ1) is 22.7. The van der Waals surface area contributed by atoms with Crippen molar-refractivity contribution in [2.45, 2.75) is 115 Å². The standard InChI is InChI=1S/C36H52O11/c1-3-4-5-6-7-8-9-10-11-12-13-14-15-16-20-23-31(39)43-24-29(38)25-45-36-34(46-27(2)37)33(41)32(40)30(47-36)26-44-35(42)28-21-18-17-19-22-28/h4-5,7-8,10-11,17-19,21-22,29-30,32-34,36,38,40-41H,3,6,9,12-16,20,23-26H2,1-2H3/b5-4-,8-7-,11-10-. The molecule has 0 saturated carbocycles. The van der Waals surface area contributed by atoms with E-state index in [0.717, 1.165) is 58.3 Å². The Bertz CT molecular complexity index is 1120. The minimum atomic E-state index is -1.63. The molecule has 1 heterocycles. The van der Waals surface area contributed by atoms with Gasteiger partial charge >= 0.3 is 17.9 Å². The van der Waals surface area contributed by atoms with Crippen molar-refractivity contribution in [3.63, 3.8) is 0 Å². The molecule has 1 saturated heterocycles. The number of aliphatic hydroxyl groups is 3. The van der Waals surface area contributed by atoms with Crippen LogP contribution in [0.15, 0.2) is 66.8 Å². The van der Waals surface area contributed by atoms with Crippen LogP contribution in [0.2, 0.25) is 0 Å². The molecular formula is C36H52O11. The first kappa shape index (κ1) is 39.8. The summed E-state index contributed by atoms with van der Waals surface area (Å²) in [5, 5.41) is 31.5. The van der Waals surface area contributed by atoms with Crippen LogP contribution in [0, 0.1) is 0 Å². The predicted molar refractivity (Wildman–Crippen MR) is 175 cm³/mol. The monoisotopic (exact) mass is 660 g/mol. The third-order valence-electron chi connectivity index (χ3n) is 7.26. The van der Waals surface area contributed by atoms with Crippen LogP contribution in [0.5, 0.6) is 0 Å². The topological polar surface area (TPSA) is 158 Å². The molecule has 262 valence electrons. The Morgan fingerprint density at radius 1 is 0.851 bits per heavy atom. The minimum Gasteiger partial charge on any atom is -0.463 e. The number of esters is 3. The molecule has 1 aromatic carbocycles. The summed E-state index contributed by atoms with van der Waals surface area (Å²) < 4.78 is 26.7. The maximum Gasteiger partial charge on any atom is 0.338 e. The summed E-state index contributed by atoms with van der Waals surface area (Å²) in [6, 6.07) is 8.19. The normalized spacial score (nSPS) is 22.1. The quantitative estimate of drug-likeness (QED) is 0.0683. The van der Waals surface area contributed by atoms with Crippen LogP contribution >= 0.6 is 0 Å². The molecule has 11 nitrogen and oxygen atoms in total.